The van der Waals surface area contributed by atoms with Crippen LogP contribution < -0.4 is 4.74 Å². The van der Waals surface area contributed by atoms with Crippen LogP contribution in [0.3, 0.4) is 0 Å². The summed E-state index contributed by atoms with van der Waals surface area (Å²) in [4.78, 5) is 17.1. The van der Waals surface area contributed by atoms with Crippen molar-refractivity contribution in [2.45, 2.75) is 70.4 Å². The van der Waals surface area contributed by atoms with Crippen molar-refractivity contribution in [3.63, 3.8) is 0 Å². The minimum Gasteiger partial charge on any atom is -0.491 e. The Balaban J connectivity index is 1.56. The average Bonchev–Trinajstić information content (AvgIpc) is 3.39. The summed E-state index contributed by atoms with van der Waals surface area (Å²) in [5, 5.41) is 2.05. The van der Waals surface area contributed by atoms with Gasteiger partial charge in [0.15, 0.2) is 0 Å². The first-order valence-electron chi connectivity index (χ1n) is 13.3. The van der Waals surface area contributed by atoms with Crippen LogP contribution in [0.25, 0.3) is 0 Å². The maximum absolute atomic E-state index is 13.8. The number of carbonyl (C=O) groups is 1. The summed E-state index contributed by atoms with van der Waals surface area (Å²) in [6, 6.07) is 16.3. The van der Waals surface area contributed by atoms with Crippen LogP contribution >= 0.6 is 11.3 Å². The molecule has 0 saturated carbocycles. The third-order valence-electron chi connectivity index (χ3n) is 7.37. The summed E-state index contributed by atoms with van der Waals surface area (Å²) < 4.78 is 34.8. The second-order valence-electron chi connectivity index (χ2n) is 10.3. The van der Waals surface area contributed by atoms with E-state index in [4.69, 9.17) is 4.74 Å². The van der Waals surface area contributed by atoms with Crippen molar-refractivity contribution in [3.05, 3.63) is 81.5 Å². The third-order valence-corrected chi connectivity index (χ3v) is 10.3. The lowest BCUT2D eigenvalue weighted by Crippen LogP contribution is -2.49. The van der Waals surface area contributed by atoms with Crippen molar-refractivity contribution in [1.29, 1.82) is 0 Å². The van der Waals surface area contributed by atoms with E-state index in [0.717, 1.165) is 23.3 Å². The van der Waals surface area contributed by atoms with E-state index >= 15 is 0 Å². The van der Waals surface area contributed by atoms with E-state index in [1.165, 1.54) is 14.7 Å². The largest absolute Gasteiger partial charge is 0.491 e. The zero-order valence-electron chi connectivity index (χ0n) is 22.9. The number of ether oxygens (including phenoxy) is 1. The zero-order chi connectivity index (χ0) is 27.4. The van der Waals surface area contributed by atoms with Crippen LogP contribution in [-0.4, -0.2) is 49.3 Å². The summed E-state index contributed by atoms with van der Waals surface area (Å²) in [5.74, 6) is 0.988. The normalized spacial score (nSPS) is 16.5. The molecule has 204 valence electrons. The van der Waals surface area contributed by atoms with E-state index in [1.54, 1.807) is 40.5 Å². The molecule has 0 N–H and O–H groups in total. The molecule has 4 rings (SSSR count). The zero-order valence-corrected chi connectivity index (χ0v) is 24.5. The van der Waals surface area contributed by atoms with Gasteiger partial charge in [0.25, 0.3) is 0 Å². The second kappa shape index (κ2) is 12.0. The SMILES string of the molecule is CC[C@@H](C)N(CC(=O)N1CCc2sccc2[C@@H]1COc1ccc(C(C)C)cc1)S(=O)(=O)c1ccc(C)cc1. The van der Waals surface area contributed by atoms with E-state index in [-0.39, 0.29) is 29.4 Å². The number of benzene rings is 2. The Morgan fingerprint density at radius 3 is 2.39 bits per heavy atom. The molecule has 1 amide bonds. The van der Waals surface area contributed by atoms with Crippen LogP contribution in [0.1, 0.15) is 67.6 Å². The van der Waals surface area contributed by atoms with Gasteiger partial charge in [-0.1, -0.05) is 50.6 Å². The molecular formula is C30H38N2O4S2. The molecular weight excluding hydrogens is 516 g/mol. The summed E-state index contributed by atoms with van der Waals surface area (Å²) in [6.07, 6.45) is 1.36. The van der Waals surface area contributed by atoms with E-state index < -0.39 is 10.0 Å². The quantitative estimate of drug-likeness (QED) is 0.300. The topological polar surface area (TPSA) is 66.9 Å². The number of aryl methyl sites for hydroxylation is 1. The standard InChI is InChI=1S/C30H38N2O4S2/c1-6-23(5)32(38(34,35)26-13-7-22(4)8-14-26)19-30(33)31-17-15-29-27(16-18-37-29)28(31)20-36-25-11-9-24(10-12-25)21(2)3/h7-14,16,18,21,23,28H,6,15,17,19-20H2,1-5H3/t23-,28+/m1/s1. The van der Waals surface area contributed by atoms with Crippen molar-refractivity contribution >= 4 is 27.3 Å². The molecule has 1 aliphatic rings. The molecule has 0 aliphatic carbocycles. The average molecular weight is 555 g/mol. The van der Waals surface area contributed by atoms with Gasteiger partial charge in [-0.05, 0) is 79.4 Å². The Hall–Kier alpha value is -2.68. The van der Waals surface area contributed by atoms with Crippen LogP contribution in [0, 0.1) is 6.92 Å². The summed E-state index contributed by atoms with van der Waals surface area (Å²) in [7, 11) is -3.84. The predicted molar refractivity (Wildman–Crippen MR) is 153 cm³/mol. The van der Waals surface area contributed by atoms with Crippen molar-refractivity contribution in [1.82, 2.24) is 9.21 Å². The molecule has 3 aromatic rings. The molecule has 2 heterocycles. The number of carbonyl (C=O) groups excluding carboxylic acids is 1. The van der Waals surface area contributed by atoms with Crippen LogP contribution in [0.4, 0.5) is 0 Å². The van der Waals surface area contributed by atoms with Gasteiger partial charge in [0.05, 0.1) is 17.5 Å². The maximum atomic E-state index is 13.8. The second-order valence-corrected chi connectivity index (χ2v) is 13.2. The lowest BCUT2D eigenvalue weighted by molar-refractivity contribution is -0.135. The molecule has 1 aliphatic heterocycles. The molecule has 8 heteroatoms. The number of sulfonamides is 1. The number of thiophene rings is 1. The fraction of sp³-hybridized carbons (Fsp3) is 0.433. The molecule has 38 heavy (non-hydrogen) atoms. The highest BCUT2D eigenvalue weighted by atomic mass is 32.2. The maximum Gasteiger partial charge on any atom is 0.243 e. The number of hydrogen-bond acceptors (Lipinski definition) is 5. The van der Waals surface area contributed by atoms with E-state index in [9.17, 15) is 13.2 Å². The number of rotatable bonds is 10. The minimum atomic E-state index is -3.84. The smallest absolute Gasteiger partial charge is 0.243 e. The first-order valence-corrected chi connectivity index (χ1v) is 15.6. The van der Waals surface area contributed by atoms with Gasteiger partial charge >= 0.3 is 0 Å². The van der Waals surface area contributed by atoms with Crippen LogP contribution in [0.15, 0.2) is 64.9 Å². The van der Waals surface area contributed by atoms with Gasteiger partial charge in [-0.3, -0.25) is 4.79 Å². The lowest BCUT2D eigenvalue weighted by Gasteiger charge is -2.37. The predicted octanol–water partition coefficient (Wildman–Crippen LogP) is 6.17. The van der Waals surface area contributed by atoms with Crippen molar-refractivity contribution in [2.24, 2.45) is 0 Å². The Morgan fingerprint density at radius 2 is 1.76 bits per heavy atom. The van der Waals surface area contributed by atoms with E-state index in [2.05, 4.69) is 37.4 Å². The minimum absolute atomic E-state index is 0.204. The Labute approximate surface area is 231 Å². The number of amides is 1. The molecule has 1 aromatic heterocycles. The molecule has 0 unspecified atom stereocenters. The molecule has 0 saturated heterocycles. The third kappa shape index (κ3) is 6.14. The highest BCUT2D eigenvalue weighted by Crippen LogP contribution is 2.34. The molecule has 6 nitrogen and oxygen atoms in total. The highest BCUT2D eigenvalue weighted by Gasteiger charge is 2.36. The van der Waals surface area contributed by atoms with Gasteiger partial charge in [0.2, 0.25) is 15.9 Å². The molecule has 2 atom stereocenters. The number of hydrogen-bond donors (Lipinski definition) is 0. The Bertz CT molecular complexity index is 1330. The van der Waals surface area contributed by atoms with Gasteiger partial charge in [-0.25, -0.2) is 8.42 Å². The molecule has 0 bridgehead atoms. The first-order chi connectivity index (χ1) is 18.1. The van der Waals surface area contributed by atoms with Crippen molar-refractivity contribution in [2.75, 3.05) is 19.7 Å². The fourth-order valence-electron chi connectivity index (χ4n) is 4.75. The van der Waals surface area contributed by atoms with Gasteiger partial charge in [0, 0.05) is 17.5 Å². The van der Waals surface area contributed by atoms with E-state index in [1.807, 2.05) is 32.9 Å². The Morgan fingerprint density at radius 1 is 1.08 bits per heavy atom. The van der Waals surface area contributed by atoms with Gasteiger partial charge < -0.3 is 9.64 Å². The van der Waals surface area contributed by atoms with Crippen LogP contribution in [0.2, 0.25) is 0 Å². The molecule has 0 fully saturated rings. The fourth-order valence-corrected chi connectivity index (χ4v) is 7.33. The molecule has 0 radical (unpaired) electrons. The Kier molecular flexibility index (Phi) is 8.96. The summed E-state index contributed by atoms with van der Waals surface area (Å²) in [6.45, 7) is 10.7. The van der Waals surface area contributed by atoms with E-state index in [0.29, 0.717) is 25.5 Å². The number of nitrogens with zero attached hydrogens (tertiary/aromatic N) is 2. The van der Waals surface area contributed by atoms with Crippen molar-refractivity contribution in [3.8, 4) is 5.75 Å². The molecule has 0 spiro atoms. The van der Waals surface area contributed by atoms with Crippen LogP contribution in [0.5, 0.6) is 5.75 Å². The monoisotopic (exact) mass is 554 g/mol. The summed E-state index contributed by atoms with van der Waals surface area (Å²) >= 11 is 1.69. The highest BCUT2D eigenvalue weighted by molar-refractivity contribution is 7.89. The lowest BCUT2D eigenvalue weighted by atomic mass is 10.00. The summed E-state index contributed by atoms with van der Waals surface area (Å²) in [5.41, 5.74) is 3.31. The van der Waals surface area contributed by atoms with Gasteiger partial charge in [-0.15, -0.1) is 11.3 Å². The molecule has 2 aromatic carbocycles. The van der Waals surface area contributed by atoms with Crippen molar-refractivity contribution < 1.29 is 17.9 Å². The number of fused-ring (bicyclic) bond motifs is 1. The van der Waals surface area contributed by atoms with Gasteiger partial charge in [-0.2, -0.15) is 4.31 Å². The van der Waals surface area contributed by atoms with Gasteiger partial charge in [0.1, 0.15) is 12.4 Å². The van der Waals surface area contributed by atoms with Crippen LogP contribution in [-0.2, 0) is 21.2 Å². The first kappa shape index (κ1) is 28.3.